The zero-order valence-corrected chi connectivity index (χ0v) is 6.38. The molecule has 7 heteroatoms. The monoisotopic (exact) mass is 189 g/mol. The molecular formula is C6H7NO6. The topological polar surface area (TPSA) is 116 Å². The Bertz CT molecular complexity index is 272. The first kappa shape index (κ1) is 9.46. The van der Waals surface area contributed by atoms with Crippen LogP contribution in [0.2, 0.25) is 0 Å². The third-order valence-electron chi connectivity index (χ3n) is 1.55. The number of rotatable bonds is 3. The molecule has 0 spiro atoms. The minimum atomic E-state index is -1.44. The van der Waals surface area contributed by atoms with Gasteiger partial charge in [-0.2, -0.15) is 4.91 Å². The Morgan fingerprint density at radius 2 is 2.15 bits per heavy atom. The molecule has 3 N–H and O–H groups in total. The summed E-state index contributed by atoms with van der Waals surface area (Å²) in [7, 11) is 0. The predicted molar refractivity (Wildman–Crippen MR) is 38.8 cm³/mol. The second-order valence-corrected chi connectivity index (χ2v) is 2.44. The number of aliphatic hydroxyl groups excluding tert-OH is 3. The first-order valence-corrected chi connectivity index (χ1v) is 3.38. The molecule has 0 saturated heterocycles. The molecule has 0 aromatic carbocycles. The minimum Gasteiger partial charge on any atom is -0.505 e. The molecule has 0 aromatic rings. The molecule has 7 nitrogen and oxygen atoms in total. The Morgan fingerprint density at radius 3 is 2.54 bits per heavy atom. The summed E-state index contributed by atoms with van der Waals surface area (Å²) >= 11 is 0. The molecule has 0 amide bonds. The van der Waals surface area contributed by atoms with Gasteiger partial charge in [0.2, 0.25) is 5.76 Å². The lowest BCUT2D eigenvalue weighted by Crippen LogP contribution is -2.30. The number of carbonyl (C=O) groups is 1. The van der Waals surface area contributed by atoms with Gasteiger partial charge in [0.15, 0.2) is 11.9 Å². The van der Waals surface area contributed by atoms with Crippen molar-refractivity contribution in [2.75, 3.05) is 6.54 Å². The van der Waals surface area contributed by atoms with Crippen molar-refractivity contribution >= 4 is 5.97 Å². The second kappa shape index (κ2) is 3.40. The van der Waals surface area contributed by atoms with Crippen molar-refractivity contribution in [2.24, 2.45) is 5.18 Å². The molecule has 2 unspecified atom stereocenters. The Labute approximate surface area is 72.2 Å². The second-order valence-electron chi connectivity index (χ2n) is 2.44. The Balaban J connectivity index is 2.75. The van der Waals surface area contributed by atoms with Crippen LogP contribution in [0.25, 0.3) is 0 Å². The molecule has 13 heavy (non-hydrogen) atoms. The van der Waals surface area contributed by atoms with Crippen molar-refractivity contribution in [1.29, 1.82) is 0 Å². The summed E-state index contributed by atoms with van der Waals surface area (Å²) < 4.78 is 4.34. The smallest absolute Gasteiger partial charge is 0.377 e. The fourth-order valence-corrected chi connectivity index (χ4v) is 0.899. The highest BCUT2D eigenvalue weighted by Crippen LogP contribution is 2.21. The van der Waals surface area contributed by atoms with Gasteiger partial charge < -0.3 is 20.1 Å². The lowest BCUT2D eigenvalue weighted by Gasteiger charge is -2.13. The Hall–Kier alpha value is -1.63. The van der Waals surface area contributed by atoms with E-state index in [-0.39, 0.29) is 0 Å². The van der Waals surface area contributed by atoms with E-state index in [9.17, 15) is 9.70 Å². The van der Waals surface area contributed by atoms with Gasteiger partial charge in [-0.1, -0.05) is 5.18 Å². The predicted octanol–water partition coefficient (Wildman–Crippen LogP) is -0.633. The summed E-state index contributed by atoms with van der Waals surface area (Å²) in [6.07, 6.45) is -2.84. The van der Waals surface area contributed by atoms with Crippen molar-refractivity contribution in [3.05, 3.63) is 16.4 Å². The fraction of sp³-hybridized carbons (Fsp3) is 0.500. The Kier molecular flexibility index (Phi) is 2.47. The number of cyclic esters (lactones) is 1. The molecule has 0 fully saturated rings. The van der Waals surface area contributed by atoms with Crippen LogP contribution in [0.15, 0.2) is 16.7 Å². The number of nitroso groups, excluding NO2 is 1. The lowest BCUT2D eigenvalue weighted by molar-refractivity contribution is -0.146. The number of esters is 1. The van der Waals surface area contributed by atoms with Crippen molar-refractivity contribution in [1.82, 2.24) is 0 Å². The number of aliphatic hydroxyl groups is 3. The van der Waals surface area contributed by atoms with E-state index in [2.05, 4.69) is 9.91 Å². The molecule has 0 saturated carbocycles. The van der Waals surface area contributed by atoms with Crippen molar-refractivity contribution < 1.29 is 24.9 Å². The molecular weight excluding hydrogens is 182 g/mol. The van der Waals surface area contributed by atoms with E-state index in [1.165, 1.54) is 0 Å². The molecule has 1 heterocycles. The minimum absolute atomic E-state index is 0.532. The summed E-state index contributed by atoms with van der Waals surface area (Å²) in [5.41, 5.74) is 0. The zero-order chi connectivity index (χ0) is 10.0. The fourth-order valence-electron chi connectivity index (χ4n) is 0.899. The van der Waals surface area contributed by atoms with Gasteiger partial charge in [-0.15, -0.1) is 0 Å². The molecule has 0 aliphatic carbocycles. The van der Waals surface area contributed by atoms with Crippen molar-refractivity contribution in [3.8, 4) is 0 Å². The van der Waals surface area contributed by atoms with E-state index in [1.54, 1.807) is 0 Å². The number of nitrogens with zero attached hydrogens (tertiary/aromatic N) is 1. The summed E-state index contributed by atoms with van der Waals surface area (Å²) in [6, 6.07) is 0. The van der Waals surface area contributed by atoms with Crippen LogP contribution in [0, 0.1) is 4.91 Å². The Morgan fingerprint density at radius 1 is 1.54 bits per heavy atom. The molecule has 1 aliphatic rings. The average molecular weight is 189 g/mol. The van der Waals surface area contributed by atoms with E-state index < -0.39 is 36.2 Å². The van der Waals surface area contributed by atoms with E-state index in [4.69, 9.17) is 15.3 Å². The first-order chi connectivity index (χ1) is 6.07. The number of hydrogen-bond donors (Lipinski definition) is 3. The van der Waals surface area contributed by atoms with Crippen LogP contribution in [-0.4, -0.2) is 40.0 Å². The van der Waals surface area contributed by atoms with Crippen molar-refractivity contribution in [3.63, 3.8) is 0 Å². The number of ether oxygens (including phenoxy) is 1. The molecule has 0 aromatic heterocycles. The van der Waals surface area contributed by atoms with Crippen LogP contribution in [-0.2, 0) is 9.53 Å². The van der Waals surface area contributed by atoms with Crippen molar-refractivity contribution in [2.45, 2.75) is 12.2 Å². The highest BCUT2D eigenvalue weighted by molar-refractivity contribution is 5.89. The van der Waals surface area contributed by atoms with Gasteiger partial charge in [-0.3, -0.25) is 0 Å². The maximum atomic E-state index is 10.6. The number of hydrogen-bond acceptors (Lipinski definition) is 7. The van der Waals surface area contributed by atoms with Gasteiger partial charge in [-0.25, -0.2) is 4.79 Å². The van der Waals surface area contributed by atoms with Gasteiger partial charge in [0.25, 0.3) is 0 Å². The van der Waals surface area contributed by atoms with E-state index >= 15 is 0 Å². The molecule has 0 radical (unpaired) electrons. The normalized spacial score (nSPS) is 24.4. The van der Waals surface area contributed by atoms with Crippen LogP contribution < -0.4 is 0 Å². The quantitative estimate of drug-likeness (QED) is 0.402. The van der Waals surface area contributed by atoms with Gasteiger partial charge in [0.1, 0.15) is 12.6 Å². The van der Waals surface area contributed by atoms with Gasteiger partial charge in [-0.05, 0) is 0 Å². The molecule has 2 atom stereocenters. The van der Waals surface area contributed by atoms with Gasteiger partial charge in [0.05, 0.1) is 0 Å². The molecule has 0 bridgehead atoms. The van der Waals surface area contributed by atoms with E-state index in [0.29, 0.717) is 0 Å². The SMILES string of the molecule is O=NCC(O)C1OC(=O)C(O)=C1O. The largest absolute Gasteiger partial charge is 0.505 e. The average Bonchev–Trinajstić information content (AvgIpc) is 2.33. The van der Waals surface area contributed by atoms with E-state index in [0.717, 1.165) is 0 Å². The molecule has 1 aliphatic heterocycles. The highest BCUT2D eigenvalue weighted by atomic mass is 16.6. The van der Waals surface area contributed by atoms with E-state index in [1.807, 2.05) is 0 Å². The van der Waals surface area contributed by atoms with Gasteiger partial charge >= 0.3 is 5.97 Å². The molecule has 72 valence electrons. The standard InChI is InChI=1S/C6H7NO6/c8-2(1-7-12)5-3(9)4(10)6(11)13-5/h2,5,8-10H,1H2. The number of carbonyl (C=O) groups excluding carboxylic acids is 1. The summed E-state index contributed by atoms with van der Waals surface area (Å²) in [4.78, 5) is 20.3. The highest BCUT2D eigenvalue weighted by Gasteiger charge is 2.39. The molecule has 1 rings (SSSR count). The van der Waals surface area contributed by atoms with Crippen LogP contribution in [0.3, 0.4) is 0 Å². The first-order valence-electron chi connectivity index (χ1n) is 3.38. The third kappa shape index (κ3) is 1.59. The van der Waals surface area contributed by atoms with Crippen LogP contribution in [0.1, 0.15) is 0 Å². The van der Waals surface area contributed by atoms with Crippen LogP contribution in [0.4, 0.5) is 0 Å². The summed E-state index contributed by atoms with van der Waals surface area (Å²) in [5, 5.41) is 29.2. The maximum Gasteiger partial charge on any atom is 0.377 e. The zero-order valence-electron chi connectivity index (χ0n) is 6.38. The lowest BCUT2D eigenvalue weighted by atomic mass is 10.2. The maximum absolute atomic E-state index is 10.6. The third-order valence-corrected chi connectivity index (χ3v) is 1.55. The van der Waals surface area contributed by atoms with Crippen LogP contribution >= 0.6 is 0 Å². The summed E-state index contributed by atoms with van der Waals surface area (Å²) in [5.74, 6) is -2.86. The summed E-state index contributed by atoms with van der Waals surface area (Å²) in [6.45, 7) is -0.532. The van der Waals surface area contributed by atoms with Gasteiger partial charge in [0, 0.05) is 0 Å². The van der Waals surface area contributed by atoms with Crippen LogP contribution in [0.5, 0.6) is 0 Å².